The van der Waals surface area contributed by atoms with Crippen LogP contribution >= 0.6 is 15.9 Å². The number of rotatable bonds is 3. The van der Waals surface area contributed by atoms with Crippen molar-refractivity contribution in [2.45, 2.75) is 6.54 Å². The van der Waals surface area contributed by atoms with Crippen LogP contribution in [0.4, 0.5) is 13.2 Å². The fourth-order valence-corrected chi connectivity index (χ4v) is 3.40. The molecule has 0 spiro atoms. The van der Waals surface area contributed by atoms with Gasteiger partial charge >= 0.3 is 0 Å². The molecule has 0 aliphatic rings. The second-order valence-electron chi connectivity index (χ2n) is 6.19. The summed E-state index contributed by atoms with van der Waals surface area (Å²) >= 11 is 3.11. The van der Waals surface area contributed by atoms with Gasteiger partial charge < -0.3 is 0 Å². The minimum atomic E-state index is -0.722. The zero-order valence-electron chi connectivity index (χ0n) is 14.3. The largest absolute Gasteiger partial charge is 0.287 e. The van der Waals surface area contributed by atoms with Crippen molar-refractivity contribution >= 4 is 26.8 Å². The van der Waals surface area contributed by atoms with Crippen LogP contribution in [0.15, 0.2) is 69.9 Å². The topological polar surface area (TPSA) is 34.9 Å². The van der Waals surface area contributed by atoms with Gasteiger partial charge in [-0.25, -0.2) is 13.2 Å². The third-order valence-corrected chi connectivity index (χ3v) is 5.02. The second-order valence-corrected chi connectivity index (χ2v) is 7.04. The SMILES string of the molecule is O=c1c(-c2cccc(Br)c2F)nn(Cc2ccc(F)cc2F)c2ccccc12. The molecule has 3 aromatic carbocycles. The molecule has 0 radical (unpaired) electrons. The van der Waals surface area contributed by atoms with E-state index in [1.54, 1.807) is 30.3 Å². The number of aromatic nitrogens is 2. The molecular formula is C21H12BrF3N2O. The minimum absolute atomic E-state index is 0.0402. The van der Waals surface area contributed by atoms with E-state index in [1.807, 2.05) is 0 Å². The van der Waals surface area contributed by atoms with E-state index in [0.29, 0.717) is 10.9 Å². The Hall–Kier alpha value is -2.93. The summed E-state index contributed by atoms with van der Waals surface area (Å²) < 4.78 is 43.6. The molecule has 0 amide bonds. The van der Waals surface area contributed by atoms with E-state index >= 15 is 0 Å². The van der Waals surface area contributed by atoms with E-state index in [9.17, 15) is 18.0 Å². The first-order valence-corrected chi connectivity index (χ1v) is 9.13. The lowest BCUT2D eigenvalue weighted by molar-refractivity contribution is 0.560. The smallest absolute Gasteiger partial charge is 0.216 e. The van der Waals surface area contributed by atoms with E-state index in [-0.39, 0.29) is 27.8 Å². The summed E-state index contributed by atoms with van der Waals surface area (Å²) in [5.41, 5.74) is 0.195. The first kappa shape index (κ1) is 18.4. The average Bonchev–Trinajstić information content (AvgIpc) is 2.68. The highest BCUT2D eigenvalue weighted by molar-refractivity contribution is 9.10. The molecule has 0 atom stereocenters. The fourth-order valence-electron chi connectivity index (χ4n) is 3.03. The van der Waals surface area contributed by atoms with Crippen molar-refractivity contribution in [3.8, 4) is 11.3 Å². The van der Waals surface area contributed by atoms with Crippen molar-refractivity contribution in [1.82, 2.24) is 9.78 Å². The van der Waals surface area contributed by atoms with Crippen molar-refractivity contribution in [2.75, 3.05) is 0 Å². The molecule has 0 saturated heterocycles. The number of hydrogen-bond donors (Lipinski definition) is 0. The number of benzene rings is 3. The maximum atomic E-state index is 14.6. The van der Waals surface area contributed by atoms with Crippen LogP contribution in [-0.2, 0) is 6.54 Å². The van der Waals surface area contributed by atoms with Gasteiger partial charge in [0, 0.05) is 22.6 Å². The Morgan fingerprint density at radius 3 is 2.54 bits per heavy atom. The predicted octanol–water partition coefficient (Wildman–Crippen LogP) is 5.29. The van der Waals surface area contributed by atoms with Gasteiger partial charge in [0.1, 0.15) is 23.1 Å². The van der Waals surface area contributed by atoms with Crippen LogP contribution in [0.3, 0.4) is 0 Å². The van der Waals surface area contributed by atoms with Gasteiger partial charge in [0.15, 0.2) is 0 Å². The van der Waals surface area contributed by atoms with Crippen molar-refractivity contribution < 1.29 is 13.2 Å². The standard InChI is InChI=1S/C21H12BrF3N2O/c22-16-6-3-5-15(19(16)25)20-21(28)14-4-1-2-7-18(14)27(26-20)11-12-8-9-13(23)10-17(12)24/h1-10H,11H2. The molecule has 4 rings (SSSR count). The molecule has 7 heteroatoms. The highest BCUT2D eigenvalue weighted by Gasteiger charge is 2.17. The monoisotopic (exact) mass is 444 g/mol. The summed E-state index contributed by atoms with van der Waals surface area (Å²) in [7, 11) is 0. The Kier molecular flexibility index (Phi) is 4.77. The lowest BCUT2D eigenvalue weighted by Gasteiger charge is -2.13. The van der Waals surface area contributed by atoms with Gasteiger partial charge in [-0.2, -0.15) is 5.10 Å². The Bertz CT molecular complexity index is 1270. The van der Waals surface area contributed by atoms with Crippen molar-refractivity contribution in [3.63, 3.8) is 0 Å². The van der Waals surface area contributed by atoms with Gasteiger partial charge in [-0.05, 0) is 46.3 Å². The molecule has 0 aliphatic heterocycles. The second kappa shape index (κ2) is 7.24. The minimum Gasteiger partial charge on any atom is -0.287 e. The first-order valence-electron chi connectivity index (χ1n) is 8.34. The number of fused-ring (bicyclic) bond motifs is 1. The quantitative estimate of drug-likeness (QED) is 0.430. The Morgan fingerprint density at radius 1 is 0.964 bits per heavy atom. The van der Waals surface area contributed by atoms with E-state index in [2.05, 4.69) is 21.0 Å². The van der Waals surface area contributed by atoms with Crippen LogP contribution in [0.2, 0.25) is 0 Å². The van der Waals surface area contributed by atoms with Crippen LogP contribution in [-0.4, -0.2) is 9.78 Å². The first-order chi connectivity index (χ1) is 13.5. The van der Waals surface area contributed by atoms with Gasteiger partial charge in [0.25, 0.3) is 0 Å². The maximum absolute atomic E-state index is 14.6. The summed E-state index contributed by atoms with van der Waals surface area (Å²) in [4.78, 5) is 12.9. The molecular weight excluding hydrogens is 433 g/mol. The van der Waals surface area contributed by atoms with E-state index in [0.717, 1.165) is 12.1 Å². The third kappa shape index (κ3) is 3.22. The molecule has 140 valence electrons. The van der Waals surface area contributed by atoms with Gasteiger partial charge in [-0.1, -0.05) is 24.3 Å². The van der Waals surface area contributed by atoms with E-state index in [1.165, 1.54) is 22.9 Å². The zero-order chi connectivity index (χ0) is 19.8. The van der Waals surface area contributed by atoms with Crippen LogP contribution in [0.25, 0.3) is 22.2 Å². The summed E-state index contributed by atoms with van der Waals surface area (Å²) in [6, 6.07) is 14.5. The molecule has 1 heterocycles. The van der Waals surface area contributed by atoms with Crippen molar-refractivity contribution in [1.29, 1.82) is 0 Å². The molecule has 0 saturated carbocycles. The van der Waals surface area contributed by atoms with Gasteiger partial charge in [-0.3, -0.25) is 9.48 Å². The van der Waals surface area contributed by atoms with Crippen LogP contribution in [0.1, 0.15) is 5.56 Å². The highest BCUT2D eigenvalue weighted by Crippen LogP contribution is 2.26. The lowest BCUT2D eigenvalue weighted by Crippen LogP contribution is -2.18. The highest BCUT2D eigenvalue weighted by atomic mass is 79.9. The molecule has 0 fully saturated rings. The van der Waals surface area contributed by atoms with Crippen LogP contribution in [0, 0.1) is 17.5 Å². The average molecular weight is 445 g/mol. The van der Waals surface area contributed by atoms with E-state index < -0.39 is 22.9 Å². The normalized spacial score (nSPS) is 11.1. The molecule has 0 N–H and O–H groups in total. The van der Waals surface area contributed by atoms with E-state index in [4.69, 9.17) is 0 Å². The van der Waals surface area contributed by atoms with Crippen molar-refractivity contribution in [3.05, 3.63) is 98.4 Å². The summed E-state index contributed by atoms with van der Waals surface area (Å²) in [5, 5.41) is 4.64. The molecule has 0 bridgehead atoms. The fraction of sp³-hybridized carbons (Fsp3) is 0.0476. The Labute approximate surface area is 166 Å². The number of hydrogen-bond acceptors (Lipinski definition) is 2. The summed E-state index contributed by atoms with van der Waals surface area (Å²) in [6.07, 6.45) is 0. The lowest BCUT2D eigenvalue weighted by atomic mass is 10.1. The zero-order valence-corrected chi connectivity index (χ0v) is 15.9. The number of nitrogens with zero attached hydrogens (tertiary/aromatic N) is 2. The van der Waals surface area contributed by atoms with Crippen LogP contribution in [0.5, 0.6) is 0 Å². The third-order valence-electron chi connectivity index (χ3n) is 4.40. The van der Waals surface area contributed by atoms with Crippen LogP contribution < -0.4 is 5.43 Å². The molecule has 0 aliphatic carbocycles. The van der Waals surface area contributed by atoms with Gasteiger partial charge in [0.05, 0.1) is 16.5 Å². The van der Waals surface area contributed by atoms with Gasteiger partial charge in [0.2, 0.25) is 5.43 Å². The maximum Gasteiger partial charge on any atom is 0.216 e. The molecule has 1 aromatic heterocycles. The van der Waals surface area contributed by atoms with Crippen molar-refractivity contribution in [2.24, 2.45) is 0 Å². The summed E-state index contributed by atoms with van der Waals surface area (Å²) in [6.45, 7) is -0.0461. The summed E-state index contributed by atoms with van der Waals surface area (Å²) in [5.74, 6) is -2.02. The van der Waals surface area contributed by atoms with Gasteiger partial charge in [-0.15, -0.1) is 0 Å². The Morgan fingerprint density at radius 2 is 1.75 bits per heavy atom. The molecule has 4 aromatic rings. The molecule has 3 nitrogen and oxygen atoms in total. The molecule has 28 heavy (non-hydrogen) atoms. The number of para-hydroxylation sites is 1. The predicted molar refractivity (Wildman–Crippen MR) is 105 cm³/mol. The molecule has 0 unspecified atom stereocenters. The number of halogens is 4. The Balaban J connectivity index is 1.97.